The lowest BCUT2D eigenvalue weighted by molar-refractivity contribution is 1.04. The SMILES string of the molecule is N#CC(c1ccccc1)c1cn[nH]c1. The number of aromatic nitrogens is 2. The Kier molecular flexibility index (Phi) is 2.28. The number of hydrogen-bond acceptors (Lipinski definition) is 2. The number of hydrogen-bond donors (Lipinski definition) is 1. The van der Waals surface area contributed by atoms with Gasteiger partial charge in [-0.2, -0.15) is 10.4 Å². The highest BCUT2D eigenvalue weighted by molar-refractivity contribution is 5.35. The Morgan fingerprint density at radius 3 is 2.57 bits per heavy atom. The fourth-order valence-electron chi connectivity index (χ4n) is 1.41. The summed E-state index contributed by atoms with van der Waals surface area (Å²) in [5.74, 6) is -0.227. The molecule has 2 rings (SSSR count). The lowest BCUT2D eigenvalue weighted by atomic mass is 9.95. The highest BCUT2D eigenvalue weighted by Gasteiger charge is 2.13. The first-order chi connectivity index (χ1) is 6.92. The molecule has 0 aliphatic carbocycles. The van der Waals surface area contributed by atoms with E-state index in [1.165, 1.54) is 0 Å². The lowest BCUT2D eigenvalue weighted by Gasteiger charge is -2.05. The van der Waals surface area contributed by atoms with E-state index in [1.807, 2.05) is 30.3 Å². The zero-order chi connectivity index (χ0) is 9.80. The Labute approximate surface area is 82.0 Å². The Balaban J connectivity index is 2.38. The van der Waals surface area contributed by atoms with Crippen LogP contribution in [0.2, 0.25) is 0 Å². The van der Waals surface area contributed by atoms with Crippen molar-refractivity contribution in [2.24, 2.45) is 0 Å². The molecule has 3 nitrogen and oxygen atoms in total. The van der Waals surface area contributed by atoms with Crippen LogP contribution in [0.15, 0.2) is 42.7 Å². The zero-order valence-electron chi connectivity index (χ0n) is 7.51. The van der Waals surface area contributed by atoms with Gasteiger partial charge >= 0.3 is 0 Å². The Morgan fingerprint density at radius 2 is 2.00 bits per heavy atom. The van der Waals surface area contributed by atoms with Crippen LogP contribution in [0.3, 0.4) is 0 Å². The molecule has 0 bridgehead atoms. The first-order valence-corrected chi connectivity index (χ1v) is 4.35. The van der Waals surface area contributed by atoms with E-state index in [4.69, 9.17) is 5.26 Å². The molecule has 1 unspecified atom stereocenters. The van der Waals surface area contributed by atoms with Crippen LogP contribution in [-0.4, -0.2) is 10.2 Å². The third kappa shape index (κ3) is 1.50. The molecule has 2 aromatic rings. The number of nitriles is 1. The highest BCUT2D eigenvalue weighted by atomic mass is 15.1. The summed E-state index contributed by atoms with van der Waals surface area (Å²) in [6, 6.07) is 11.9. The Morgan fingerprint density at radius 1 is 1.21 bits per heavy atom. The summed E-state index contributed by atoms with van der Waals surface area (Å²) in [6.07, 6.45) is 3.43. The minimum atomic E-state index is -0.227. The maximum atomic E-state index is 9.06. The predicted octanol–water partition coefficient (Wildman–Crippen LogP) is 2.07. The van der Waals surface area contributed by atoms with Gasteiger partial charge in [-0.25, -0.2) is 0 Å². The molecule has 0 aliphatic rings. The minimum absolute atomic E-state index is 0.227. The number of nitrogens with one attached hydrogen (secondary N) is 1. The van der Waals surface area contributed by atoms with Crippen molar-refractivity contribution in [1.29, 1.82) is 5.26 Å². The molecule has 0 spiro atoms. The normalized spacial score (nSPS) is 11.9. The van der Waals surface area contributed by atoms with E-state index < -0.39 is 0 Å². The number of aromatic amines is 1. The topological polar surface area (TPSA) is 52.5 Å². The summed E-state index contributed by atoms with van der Waals surface area (Å²) in [5, 5.41) is 15.6. The van der Waals surface area contributed by atoms with Gasteiger partial charge in [0.05, 0.1) is 18.2 Å². The molecule has 14 heavy (non-hydrogen) atoms. The smallest absolute Gasteiger partial charge is 0.0992 e. The van der Waals surface area contributed by atoms with Crippen molar-refractivity contribution in [3.8, 4) is 6.07 Å². The van der Waals surface area contributed by atoms with Crippen LogP contribution >= 0.6 is 0 Å². The van der Waals surface area contributed by atoms with Crippen molar-refractivity contribution in [2.75, 3.05) is 0 Å². The fourth-order valence-corrected chi connectivity index (χ4v) is 1.41. The molecular weight excluding hydrogens is 174 g/mol. The summed E-state index contributed by atoms with van der Waals surface area (Å²) in [4.78, 5) is 0. The van der Waals surface area contributed by atoms with E-state index in [2.05, 4.69) is 16.3 Å². The standard InChI is InChI=1S/C11H9N3/c12-6-11(10-7-13-14-8-10)9-4-2-1-3-5-9/h1-5,7-8,11H,(H,13,14). The van der Waals surface area contributed by atoms with Crippen LogP contribution in [0.1, 0.15) is 17.0 Å². The van der Waals surface area contributed by atoms with Crippen molar-refractivity contribution in [3.63, 3.8) is 0 Å². The van der Waals surface area contributed by atoms with Gasteiger partial charge in [-0.15, -0.1) is 0 Å². The van der Waals surface area contributed by atoms with Crippen molar-refractivity contribution >= 4 is 0 Å². The molecule has 1 aromatic carbocycles. The largest absolute Gasteiger partial charge is 0.285 e. The van der Waals surface area contributed by atoms with E-state index >= 15 is 0 Å². The van der Waals surface area contributed by atoms with Gasteiger partial charge in [-0.1, -0.05) is 30.3 Å². The van der Waals surface area contributed by atoms with Crippen LogP contribution in [0.4, 0.5) is 0 Å². The summed E-state index contributed by atoms with van der Waals surface area (Å²) in [7, 11) is 0. The Bertz CT molecular complexity index is 425. The number of benzene rings is 1. The second kappa shape index (κ2) is 3.75. The summed E-state index contributed by atoms with van der Waals surface area (Å²) in [5.41, 5.74) is 1.90. The van der Waals surface area contributed by atoms with Gasteiger partial charge < -0.3 is 0 Å². The third-order valence-electron chi connectivity index (χ3n) is 2.11. The van der Waals surface area contributed by atoms with Gasteiger partial charge in [-0.05, 0) is 5.56 Å². The second-order valence-electron chi connectivity index (χ2n) is 3.00. The Hall–Kier alpha value is -2.08. The molecule has 1 atom stereocenters. The minimum Gasteiger partial charge on any atom is -0.285 e. The van der Waals surface area contributed by atoms with Gasteiger partial charge in [0.2, 0.25) is 0 Å². The quantitative estimate of drug-likeness (QED) is 0.774. The zero-order valence-corrected chi connectivity index (χ0v) is 7.51. The van der Waals surface area contributed by atoms with Gasteiger partial charge in [-0.3, -0.25) is 5.10 Å². The molecule has 0 radical (unpaired) electrons. The van der Waals surface area contributed by atoms with Gasteiger partial charge in [0.15, 0.2) is 0 Å². The van der Waals surface area contributed by atoms with Gasteiger partial charge in [0, 0.05) is 11.8 Å². The molecule has 68 valence electrons. The van der Waals surface area contributed by atoms with Gasteiger partial charge in [0.25, 0.3) is 0 Å². The van der Waals surface area contributed by atoms with E-state index in [-0.39, 0.29) is 5.92 Å². The average molecular weight is 183 g/mol. The number of nitrogens with zero attached hydrogens (tertiary/aromatic N) is 2. The number of H-pyrrole nitrogens is 1. The predicted molar refractivity (Wildman–Crippen MR) is 52.5 cm³/mol. The van der Waals surface area contributed by atoms with E-state index in [9.17, 15) is 0 Å². The van der Waals surface area contributed by atoms with Crippen LogP contribution in [0, 0.1) is 11.3 Å². The molecule has 0 saturated heterocycles. The first kappa shape index (κ1) is 8.52. The summed E-state index contributed by atoms with van der Waals surface area (Å²) < 4.78 is 0. The molecule has 0 saturated carbocycles. The molecule has 3 heteroatoms. The molecule has 1 heterocycles. The first-order valence-electron chi connectivity index (χ1n) is 4.35. The monoisotopic (exact) mass is 183 g/mol. The fraction of sp³-hybridized carbons (Fsp3) is 0.0909. The molecular formula is C11H9N3. The van der Waals surface area contributed by atoms with Crippen molar-refractivity contribution in [1.82, 2.24) is 10.2 Å². The van der Waals surface area contributed by atoms with Gasteiger partial charge in [0.1, 0.15) is 0 Å². The van der Waals surface area contributed by atoms with Crippen molar-refractivity contribution in [3.05, 3.63) is 53.9 Å². The van der Waals surface area contributed by atoms with E-state index in [1.54, 1.807) is 12.4 Å². The average Bonchev–Trinajstić information content (AvgIpc) is 2.74. The number of rotatable bonds is 2. The van der Waals surface area contributed by atoms with Crippen LogP contribution in [-0.2, 0) is 0 Å². The lowest BCUT2D eigenvalue weighted by Crippen LogP contribution is -1.95. The van der Waals surface area contributed by atoms with E-state index in [0.717, 1.165) is 11.1 Å². The third-order valence-corrected chi connectivity index (χ3v) is 2.11. The molecule has 0 fully saturated rings. The molecule has 0 amide bonds. The maximum absolute atomic E-state index is 9.06. The summed E-state index contributed by atoms with van der Waals surface area (Å²) in [6.45, 7) is 0. The maximum Gasteiger partial charge on any atom is 0.0992 e. The van der Waals surface area contributed by atoms with Crippen LogP contribution < -0.4 is 0 Å². The summed E-state index contributed by atoms with van der Waals surface area (Å²) >= 11 is 0. The van der Waals surface area contributed by atoms with Crippen molar-refractivity contribution in [2.45, 2.75) is 5.92 Å². The molecule has 1 N–H and O–H groups in total. The van der Waals surface area contributed by atoms with Crippen molar-refractivity contribution < 1.29 is 0 Å². The van der Waals surface area contributed by atoms with Crippen LogP contribution in [0.5, 0.6) is 0 Å². The van der Waals surface area contributed by atoms with E-state index in [0.29, 0.717) is 0 Å². The van der Waals surface area contributed by atoms with Crippen LogP contribution in [0.25, 0.3) is 0 Å². The highest BCUT2D eigenvalue weighted by Crippen LogP contribution is 2.22. The molecule has 1 aromatic heterocycles. The molecule has 0 aliphatic heterocycles. The second-order valence-corrected chi connectivity index (χ2v) is 3.00.